The molecule has 0 unspecified atom stereocenters. The number of carbonyl (C=O) groups is 1. The Labute approximate surface area is 100 Å². The molecule has 0 spiro atoms. The van der Waals surface area contributed by atoms with E-state index in [1.165, 1.54) is 0 Å². The molecular formula is C12H17N3O2. The van der Waals surface area contributed by atoms with Crippen molar-refractivity contribution >= 4 is 17.3 Å². The van der Waals surface area contributed by atoms with Crippen LogP contribution in [0.1, 0.15) is 20.3 Å². The van der Waals surface area contributed by atoms with Crippen LogP contribution < -0.4 is 10.2 Å². The highest BCUT2D eigenvalue weighted by Crippen LogP contribution is 2.28. The SMILES string of the molecule is CC(C)(O)CCN1CC(=O)Nc2cnccc21. The van der Waals surface area contributed by atoms with Crippen LogP contribution in [-0.2, 0) is 4.79 Å². The van der Waals surface area contributed by atoms with Gasteiger partial charge in [-0.1, -0.05) is 0 Å². The van der Waals surface area contributed by atoms with E-state index in [4.69, 9.17) is 0 Å². The van der Waals surface area contributed by atoms with E-state index in [0.717, 1.165) is 11.4 Å². The van der Waals surface area contributed by atoms with Crippen LogP contribution in [0, 0.1) is 0 Å². The van der Waals surface area contributed by atoms with Gasteiger partial charge in [0.15, 0.2) is 0 Å². The van der Waals surface area contributed by atoms with Crippen LogP contribution in [0.15, 0.2) is 18.5 Å². The lowest BCUT2D eigenvalue weighted by Gasteiger charge is -2.32. The fraction of sp³-hybridized carbons (Fsp3) is 0.500. The van der Waals surface area contributed by atoms with Crippen LogP contribution in [0.3, 0.4) is 0 Å². The third-order valence-electron chi connectivity index (χ3n) is 2.74. The lowest BCUT2D eigenvalue weighted by Crippen LogP contribution is -2.40. The summed E-state index contributed by atoms with van der Waals surface area (Å²) in [6.45, 7) is 4.51. The number of amides is 1. The molecule has 2 rings (SSSR count). The Morgan fingerprint density at radius 2 is 2.35 bits per heavy atom. The number of carbonyl (C=O) groups excluding carboxylic acids is 1. The van der Waals surface area contributed by atoms with Crippen LogP contribution in [0.2, 0.25) is 0 Å². The number of aliphatic hydroxyl groups is 1. The molecule has 17 heavy (non-hydrogen) atoms. The minimum atomic E-state index is -0.721. The summed E-state index contributed by atoms with van der Waals surface area (Å²) >= 11 is 0. The molecule has 5 nitrogen and oxygen atoms in total. The van der Waals surface area contributed by atoms with E-state index in [1.807, 2.05) is 11.0 Å². The van der Waals surface area contributed by atoms with Gasteiger partial charge in [-0.3, -0.25) is 9.78 Å². The second kappa shape index (κ2) is 4.33. The molecular weight excluding hydrogens is 218 g/mol. The smallest absolute Gasteiger partial charge is 0.243 e. The molecule has 2 N–H and O–H groups in total. The Balaban J connectivity index is 2.15. The molecule has 1 aliphatic rings. The maximum Gasteiger partial charge on any atom is 0.243 e. The Hall–Kier alpha value is -1.62. The highest BCUT2D eigenvalue weighted by atomic mass is 16.3. The number of nitrogens with zero attached hydrogens (tertiary/aromatic N) is 2. The molecule has 0 atom stereocenters. The van der Waals surface area contributed by atoms with Crippen LogP contribution in [0.5, 0.6) is 0 Å². The van der Waals surface area contributed by atoms with Crippen molar-refractivity contribution < 1.29 is 9.90 Å². The number of fused-ring (bicyclic) bond motifs is 1. The lowest BCUT2D eigenvalue weighted by atomic mass is 10.0. The van der Waals surface area contributed by atoms with Crippen molar-refractivity contribution in [1.82, 2.24) is 4.98 Å². The largest absolute Gasteiger partial charge is 0.390 e. The molecule has 92 valence electrons. The van der Waals surface area contributed by atoms with Gasteiger partial charge in [0.05, 0.1) is 29.7 Å². The van der Waals surface area contributed by atoms with Crippen LogP contribution in [-0.4, -0.2) is 34.7 Å². The summed E-state index contributed by atoms with van der Waals surface area (Å²) in [7, 11) is 0. The van der Waals surface area contributed by atoms with E-state index in [9.17, 15) is 9.90 Å². The fourth-order valence-corrected chi connectivity index (χ4v) is 1.82. The summed E-state index contributed by atoms with van der Waals surface area (Å²) < 4.78 is 0. The molecule has 0 radical (unpaired) electrons. The molecule has 0 aromatic carbocycles. The fourth-order valence-electron chi connectivity index (χ4n) is 1.82. The first-order valence-electron chi connectivity index (χ1n) is 5.67. The summed E-state index contributed by atoms with van der Waals surface area (Å²) in [5, 5.41) is 12.5. The summed E-state index contributed by atoms with van der Waals surface area (Å²) in [6, 6.07) is 1.87. The third kappa shape index (κ3) is 2.94. The maximum atomic E-state index is 11.5. The number of aromatic nitrogens is 1. The van der Waals surface area contributed by atoms with Gasteiger partial charge in [0, 0.05) is 12.7 Å². The van der Waals surface area contributed by atoms with Gasteiger partial charge in [-0.05, 0) is 26.3 Å². The van der Waals surface area contributed by atoms with Crippen molar-refractivity contribution in [2.75, 3.05) is 23.3 Å². The highest BCUT2D eigenvalue weighted by Gasteiger charge is 2.23. The van der Waals surface area contributed by atoms with Crippen molar-refractivity contribution in [3.05, 3.63) is 18.5 Å². The minimum Gasteiger partial charge on any atom is -0.390 e. The third-order valence-corrected chi connectivity index (χ3v) is 2.74. The molecule has 2 heterocycles. The van der Waals surface area contributed by atoms with Gasteiger partial charge in [-0.15, -0.1) is 0 Å². The summed E-state index contributed by atoms with van der Waals surface area (Å²) in [5.74, 6) is -0.0405. The Morgan fingerprint density at radius 3 is 3.06 bits per heavy atom. The molecule has 1 aromatic rings. The van der Waals surface area contributed by atoms with Crippen molar-refractivity contribution in [3.63, 3.8) is 0 Å². The average molecular weight is 235 g/mol. The van der Waals surface area contributed by atoms with Gasteiger partial charge >= 0.3 is 0 Å². The van der Waals surface area contributed by atoms with Gasteiger partial charge in [0.2, 0.25) is 5.91 Å². The van der Waals surface area contributed by atoms with E-state index < -0.39 is 5.60 Å². The standard InChI is InChI=1S/C12H17N3O2/c1-12(2,17)4-6-15-8-11(16)14-9-7-13-5-3-10(9)15/h3,5,7,17H,4,6,8H2,1-2H3,(H,14,16). The van der Waals surface area contributed by atoms with Crippen molar-refractivity contribution in [2.45, 2.75) is 25.9 Å². The van der Waals surface area contributed by atoms with Gasteiger partial charge in [0.25, 0.3) is 0 Å². The normalized spacial score (nSPS) is 15.5. The predicted molar refractivity (Wildman–Crippen MR) is 66.0 cm³/mol. The summed E-state index contributed by atoms with van der Waals surface area (Å²) in [4.78, 5) is 17.5. The molecule has 0 saturated heterocycles. The van der Waals surface area contributed by atoms with Gasteiger partial charge in [0.1, 0.15) is 0 Å². The van der Waals surface area contributed by atoms with Crippen molar-refractivity contribution in [3.8, 4) is 0 Å². The first kappa shape index (κ1) is 11.9. The molecule has 5 heteroatoms. The Morgan fingerprint density at radius 1 is 1.59 bits per heavy atom. The maximum absolute atomic E-state index is 11.5. The molecule has 1 amide bonds. The number of hydrogen-bond acceptors (Lipinski definition) is 4. The lowest BCUT2D eigenvalue weighted by molar-refractivity contribution is -0.115. The van der Waals surface area contributed by atoms with Gasteiger partial charge < -0.3 is 15.3 Å². The molecule has 1 aromatic heterocycles. The topological polar surface area (TPSA) is 65.5 Å². The second-order valence-corrected chi connectivity index (χ2v) is 4.92. The number of pyridine rings is 1. The van der Waals surface area contributed by atoms with E-state index in [0.29, 0.717) is 19.5 Å². The molecule has 0 fully saturated rings. The zero-order valence-corrected chi connectivity index (χ0v) is 10.1. The Kier molecular flexibility index (Phi) is 3.02. The number of anilines is 2. The van der Waals surface area contributed by atoms with E-state index >= 15 is 0 Å². The van der Waals surface area contributed by atoms with Gasteiger partial charge in [-0.2, -0.15) is 0 Å². The quantitative estimate of drug-likeness (QED) is 0.820. The first-order chi connectivity index (χ1) is 7.96. The molecule has 0 bridgehead atoms. The minimum absolute atomic E-state index is 0.0405. The molecule has 1 aliphatic heterocycles. The van der Waals surface area contributed by atoms with E-state index in [2.05, 4.69) is 10.3 Å². The van der Waals surface area contributed by atoms with E-state index in [-0.39, 0.29) is 5.91 Å². The summed E-state index contributed by atoms with van der Waals surface area (Å²) in [6.07, 6.45) is 3.96. The second-order valence-electron chi connectivity index (χ2n) is 4.92. The average Bonchev–Trinajstić information content (AvgIpc) is 2.24. The number of nitrogens with one attached hydrogen (secondary N) is 1. The van der Waals surface area contributed by atoms with Crippen molar-refractivity contribution in [1.29, 1.82) is 0 Å². The van der Waals surface area contributed by atoms with Crippen LogP contribution in [0.25, 0.3) is 0 Å². The predicted octanol–water partition coefficient (Wildman–Crippen LogP) is 1.00. The van der Waals surface area contributed by atoms with Crippen molar-refractivity contribution in [2.24, 2.45) is 0 Å². The van der Waals surface area contributed by atoms with Crippen LogP contribution >= 0.6 is 0 Å². The van der Waals surface area contributed by atoms with Crippen LogP contribution in [0.4, 0.5) is 11.4 Å². The number of rotatable bonds is 3. The highest BCUT2D eigenvalue weighted by molar-refractivity contribution is 6.00. The zero-order valence-electron chi connectivity index (χ0n) is 10.1. The summed E-state index contributed by atoms with van der Waals surface area (Å²) in [5.41, 5.74) is 0.976. The zero-order chi connectivity index (χ0) is 12.5. The first-order valence-corrected chi connectivity index (χ1v) is 5.67. The molecule has 0 aliphatic carbocycles. The Bertz CT molecular complexity index is 426. The number of hydrogen-bond donors (Lipinski definition) is 2. The van der Waals surface area contributed by atoms with E-state index in [1.54, 1.807) is 26.2 Å². The monoisotopic (exact) mass is 235 g/mol. The van der Waals surface area contributed by atoms with Gasteiger partial charge in [-0.25, -0.2) is 0 Å². The molecule has 0 saturated carbocycles.